The van der Waals surface area contributed by atoms with Crippen LogP contribution in [0.25, 0.3) is 0 Å². The second-order valence-corrected chi connectivity index (χ2v) is 43.8. The zero-order valence-corrected chi connectivity index (χ0v) is 30.9. The van der Waals surface area contributed by atoms with Crippen LogP contribution in [0.15, 0.2) is 12.7 Å². The molecule has 1 unspecified atom stereocenters. The first-order valence-electron chi connectivity index (χ1n) is 15.6. The first-order valence-corrected chi connectivity index (χ1v) is 31.0. The van der Waals surface area contributed by atoms with Gasteiger partial charge in [0.25, 0.3) is 0 Å². The van der Waals surface area contributed by atoms with E-state index in [-0.39, 0.29) is 11.9 Å². The van der Waals surface area contributed by atoms with Gasteiger partial charge in [-0.15, -0.1) is 0 Å². The van der Waals surface area contributed by atoms with Gasteiger partial charge in [0.2, 0.25) is 0 Å². The predicted molar refractivity (Wildman–Crippen MR) is 164 cm³/mol. The Morgan fingerprint density at radius 3 is 1.14 bits per heavy atom. The molecule has 0 rings (SSSR count). The van der Waals surface area contributed by atoms with Gasteiger partial charge < -0.3 is 0 Å². The number of carbonyl (C=O) groups excluding carboxylic acids is 1. The zero-order valence-electron chi connectivity index (χ0n) is 25.2. The number of methoxy groups -OCH3 is 1. The van der Waals surface area contributed by atoms with Crippen molar-refractivity contribution in [3.05, 3.63) is 12.7 Å². The topological polar surface area (TPSA) is 26.3 Å². The van der Waals surface area contributed by atoms with E-state index < -0.39 is 36.8 Å². The van der Waals surface area contributed by atoms with Crippen molar-refractivity contribution in [3.8, 4) is 0 Å². The first-order chi connectivity index (χ1) is 16.9. The molecule has 0 saturated heterocycles. The van der Waals surface area contributed by atoms with Crippen molar-refractivity contribution >= 4 is 42.7 Å². The molecule has 0 heterocycles. The van der Waals surface area contributed by atoms with Crippen LogP contribution in [-0.4, -0.2) is 49.8 Å². The summed E-state index contributed by atoms with van der Waals surface area (Å²) in [5.74, 6) is 0.228. The third kappa shape index (κ3) is 12.0. The third-order valence-electron chi connectivity index (χ3n) is 8.82. The van der Waals surface area contributed by atoms with E-state index in [9.17, 15) is 4.79 Å². The van der Waals surface area contributed by atoms with Gasteiger partial charge in [0, 0.05) is 0 Å². The van der Waals surface area contributed by atoms with Gasteiger partial charge in [0.05, 0.1) is 0 Å². The molecule has 1 atom stereocenters. The van der Waals surface area contributed by atoms with Crippen LogP contribution in [0.1, 0.15) is 125 Å². The number of hydrogen-bond donors (Lipinski definition) is 0. The van der Waals surface area contributed by atoms with Crippen LogP contribution in [0.4, 0.5) is 0 Å². The summed E-state index contributed by atoms with van der Waals surface area (Å²) in [6, 6.07) is 0. The Kier molecular flexibility index (Phi) is 22.2. The van der Waals surface area contributed by atoms with Gasteiger partial charge in [-0.05, 0) is 0 Å². The van der Waals surface area contributed by atoms with Gasteiger partial charge in [0.1, 0.15) is 0 Å². The molecule has 2 nitrogen and oxygen atoms in total. The van der Waals surface area contributed by atoms with Gasteiger partial charge in [-0.25, -0.2) is 0 Å². The standard InChI is InChI=1S/C7H10O2.6C4H9.2Sn/c1-4-5-6(2)7(8)9-3;6*1-3-4-2;;/h2,4,6H,1,5H2,3H3;6*1,3-4H2,2H3;;. The molecular weight excluding hydrogens is 642 g/mol. The number of carbonyl (C=O) groups is 1. The van der Waals surface area contributed by atoms with Crippen LogP contribution in [0.3, 0.4) is 0 Å². The Morgan fingerprint density at radius 2 is 0.943 bits per heavy atom. The number of unbranched alkanes of at least 4 members (excludes halogenated alkanes) is 6. The molecule has 0 radical (unpaired) electrons. The first kappa shape index (κ1) is 35.8. The van der Waals surface area contributed by atoms with Crippen LogP contribution >= 0.6 is 0 Å². The number of allylic oxidation sites excluding steroid dienone is 1. The minimum absolute atomic E-state index is 0.111. The number of ether oxygens (including phenoxy) is 1. The molecule has 0 aliphatic carbocycles. The molecule has 0 amide bonds. The van der Waals surface area contributed by atoms with Gasteiger partial charge in [0.15, 0.2) is 0 Å². The fourth-order valence-corrected chi connectivity index (χ4v) is 86.4. The van der Waals surface area contributed by atoms with Crippen LogP contribution < -0.4 is 0 Å². The molecule has 35 heavy (non-hydrogen) atoms. The SMILES string of the molecule is C=CCC(C(=O)OC)[CH]([Sn]([CH2]CCC)([CH2]CCC)[CH2]CCC)[Sn]([CH2]CCC)([CH2]CCC)[CH2]CCC. The number of rotatable bonds is 24. The van der Waals surface area contributed by atoms with E-state index in [4.69, 9.17) is 4.74 Å². The van der Waals surface area contributed by atoms with Gasteiger partial charge in [-0.3, -0.25) is 0 Å². The van der Waals surface area contributed by atoms with Crippen LogP contribution in [0.5, 0.6) is 0 Å². The van der Waals surface area contributed by atoms with Crippen LogP contribution in [-0.2, 0) is 9.53 Å². The summed E-state index contributed by atoms with van der Waals surface area (Å²) >= 11 is -5.47. The molecule has 208 valence electrons. The second-order valence-electron chi connectivity index (χ2n) is 11.5. The molecule has 0 N–H and O–H groups in total. The van der Waals surface area contributed by atoms with Crippen LogP contribution in [0, 0.1) is 5.92 Å². The Bertz CT molecular complexity index is 459. The fourth-order valence-electron chi connectivity index (χ4n) is 7.06. The van der Waals surface area contributed by atoms with Gasteiger partial charge >= 0.3 is 232 Å². The molecule has 0 aromatic heterocycles. The number of esters is 1. The van der Waals surface area contributed by atoms with Crippen molar-refractivity contribution in [2.45, 2.75) is 154 Å². The molecule has 0 saturated carbocycles. The molecule has 0 aliphatic heterocycles. The van der Waals surface area contributed by atoms with Crippen molar-refractivity contribution in [3.63, 3.8) is 0 Å². The number of hydrogen-bond acceptors (Lipinski definition) is 2. The van der Waals surface area contributed by atoms with Gasteiger partial charge in [-0.2, -0.15) is 0 Å². The molecule has 0 spiro atoms. The minimum atomic E-state index is -2.74. The fraction of sp³-hybridized carbons (Fsp3) is 0.903. The summed E-state index contributed by atoms with van der Waals surface area (Å²) in [7, 11) is 1.65. The molecule has 0 aromatic carbocycles. The summed E-state index contributed by atoms with van der Waals surface area (Å²) < 4.78 is 15.5. The maximum atomic E-state index is 13.7. The van der Waals surface area contributed by atoms with Crippen molar-refractivity contribution in [2.24, 2.45) is 5.92 Å². The average Bonchev–Trinajstić information content (AvgIpc) is 2.88. The Labute approximate surface area is 230 Å². The zero-order chi connectivity index (χ0) is 26.6. The van der Waals surface area contributed by atoms with E-state index in [2.05, 4.69) is 54.2 Å². The van der Waals surface area contributed by atoms with Gasteiger partial charge in [-0.1, -0.05) is 0 Å². The average molecular weight is 706 g/mol. The Morgan fingerprint density at radius 1 is 0.657 bits per heavy atom. The van der Waals surface area contributed by atoms with E-state index in [1.165, 1.54) is 104 Å². The van der Waals surface area contributed by atoms with Crippen molar-refractivity contribution in [1.29, 1.82) is 0 Å². The second kappa shape index (κ2) is 21.7. The Balaban J connectivity index is 7.26. The predicted octanol–water partition coefficient (Wildman–Crippen LogP) is 11.0. The van der Waals surface area contributed by atoms with E-state index in [1.54, 1.807) is 7.11 Å². The molecule has 0 aromatic rings. The summed E-state index contributed by atoms with van der Waals surface area (Å²) in [5.41, 5.74) is 0. The van der Waals surface area contributed by atoms with Crippen molar-refractivity contribution in [1.82, 2.24) is 0 Å². The molecule has 0 aliphatic rings. The van der Waals surface area contributed by atoms with Crippen molar-refractivity contribution in [2.75, 3.05) is 7.11 Å². The maximum absolute atomic E-state index is 13.7. The van der Waals surface area contributed by atoms with Crippen molar-refractivity contribution < 1.29 is 9.53 Å². The monoisotopic (exact) mass is 708 g/mol. The van der Waals surface area contributed by atoms with Crippen LogP contribution in [0.2, 0.25) is 28.6 Å². The molecule has 0 fully saturated rings. The normalized spacial score (nSPS) is 13.3. The quantitative estimate of drug-likeness (QED) is 0.0568. The van der Waals surface area contributed by atoms with E-state index in [0.29, 0.717) is 0 Å². The van der Waals surface area contributed by atoms with E-state index >= 15 is 0 Å². The Hall–Kier alpha value is 0.807. The van der Waals surface area contributed by atoms with E-state index in [0.717, 1.165) is 8.37 Å². The third-order valence-corrected chi connectivity index (χ3v) is 65.2. The summed E-state index contributed by atoms with van der Waals surface area (Å²) in [6.07, 6.45) is 19.1. The summed E-state index contributed by atoms with van der Waals surface area (Å²) in [6.45, 7) is 18.5. The van der Waals surface area contributed by atoms with E-state index in [1.807, 2.05) is 0 Å². The molecule has 0 bridgehead atoms. The molecular formula is C31H64O2Sn2. The summed E-state index contributed by atoms with van der Waals surface area (Å²) in [4.78, 5) is 13.7. The molecule has 4 heteroatoms. The summed E-state index contributed by atoms with van der Waals surface area (Å²) in [5, 5.41) is 0.